The fraction of sp³-hybridized carbons (Fsp3) is 0.333. The Labute approximate surface area is 126 Å². The Balaban J connectivity index is 2.03. The van der Waals surface area contributed by atoms with Crippen LogP contribution in [0.15, 0.2) is 48.5 Å². The Hall–Kier alpha value is -2.00. The molecule has 0 unspecified atom stereocenters. The van der Waals surface area contributed by atoms with E-state index in [-0.39, 0.29) is 5.54 Å². The van der Waals surface area contributed by atoms with Crippen LogP contribution in [0.25, 0.3) is 0 Å². The van der Waals surface area contributed by atoms with Gasteiger partial charge in [-0.15, -0.1) is 0 Å². The zero-order valence-corrected chi connectivity index (χ0v) is 13.1. The lowest BCUT2D eigenvalue weighted by atomic mass is 10.1. The highest BCUT2D eigenvalue weighted by Gasteiger charge is 2.08. The number of hydrogen-bond acceptors (Lipinski definition) is 3. The SMILES string of the molecule is COc1ccc(Oc2cccc(CNC(C)(C)C)c2)cc1. The number of ether oxygens (including phenoxy) is 2. The van der Waals surface area contributed by atoms with Crippen molar-refractivity contribution in [3.05, 3.63) is 54.1 Å². The second kappa shape index (κ2) is 6.64. The molecule has 0 radical (unpaired) electrons. The Morgan fingerprint density at radius 3 is 2.19 bits per heavy atom. The summed E-state index contributed by atoms with van der Waals surface area (Å²) >= 11 is 0. The van der Waals surface area contributed by atoms with Crippen LogP contribution >= 0.6 is 0 Å². The molecular formula is C18H23NO2. The molecule has 0 heterocycles. The molecular weight excluding hydrogens is 262 g/mol. The monoisotopic (exact) mass is 285 g/mol. The molecule has 0 fully saturated rings. The first kappa shape index (κ1) is 15.4. The number of rotatable bonds is 5. The van der Waals surface area contributed by atoms with Gasteiger partial charge in [-0.05, 0) is 62.7 Å². The average Bonchev–Trinajstić information content (AvgIpc) is 2.46. The van der Waals surface area contributed by atoms with Crippen molar-refractivity contribution in [3.63, 3.8) is 0 Å². The molecule has 0 aromatic heterocycles. The van der Waals surface area contributed by atoms with Gasteiger partial charge in [-0.25, -0.2) is 0 Å². The van der Waals surface area contributed by atoms with Crippen LogP contribution in [-0.2, 0) is 6.54 Å². The molecule has 0 aliphatic rings. The zero-order chi connectivity index (χ0) is 15.3. The first-order valence-electron chi connectivity index (χ1n) is 7.12. The van der Waals surface area contributed by atoms with Gasteiger partial charge in [0.15, 0.2) is 0 Å². The predicted octanol–water partition coefficient (Wildman–Crippen LogP) is 4.38. The quantitative estimate of drug-likeness (QED) is 0.884. The van der Waals surface area contributed by atoms with Crippen molar-refractivity contribution < 1.29 is 9.47 Å². The molecule has 1 N–H and O–H groups in total. The molecule has 0 spiro atoms. The maximum atomic E-state index is 5.87. The van der Waals surface area contributed by atoms with Gasteiger partial charge in [-0.1, -0.05) is 12.1 Å². The first-order valence-corrected chi connectivity index (χ1v) is 7.12. The summed E-state index contributed by atoms with van der Waals surface area (Å²) in [6, 6.07) is 15.7. The molecule has 21 heavy (non-hydrogen) atoms. The van der Waals surface area contributed by atoms with E-state index in [2.05, 4.69) is 38.2 Å². The highest BCUT2D eigenvalue weighted by atomic mass is 16.5. The first-order chi connectivity index (χ1) is 9.96. The molecule has 0 atom stereocenters. The molecule has 0 saturated heterocycles. The number of nitrogens with one attached hydrogen (secondary N) is 1. The second-order valence-electron chi connectivity index (χ2n) is 6.03. The third-order valence-corrected chi connectivity index (χ3v) is 3.02. The fourth-order valence-corrected chi connectivity index (χ4v) is 1.87. The van der Waals surface area contributed by atoms with Gasteiger partial charge in [-0.2, -0.15) is 0 Å². The largest absolute Gasteiger partial charge is 0.497 e. The third kappa shape index (κ3) is 5.12. The van der Waals surface area contributed by atoms with Crippen molar-refractivity contribution in [3.8, 4) is 17.2 Å². The van der Waals surface area contributed by atoms with E-state index in [9.17, 15) is 0 Å². The van der Waals surface area contributed by atoms with Crippen molar-refractivity contribution in [2.45, 2.75) is 32.9 Å². The van der Waals surface area contributed by atoms with Crippen molar-refractivity contribution >= 4 is 0 Å². The standard InChI is InChI=1S/C18H23NO2/c1-18(2,3)19-13-14-6-5-7-17(12-14)21-16-10-8-15(20-4)9-11-16/h5-12,19H,13H2,1-4H3. The molecule has 112 valence electrons. The van der Waals surface area contributed by atoms with Gasteiger partial charge < -0.3 is 14.8 Å². The lowest BCUT2D eigenvalue weighted by Crippen LogP contribution is -2.35. The Morgan fingerprint density at radius 2 is 1.57 bits per heavy atom. The molecule has 3 heteroatoms. The predicted molar refractivity (Wildman–Crippen MR) is 86.1 cm³/mol. The van der Waals surface area contributed by atoms with E-state index in [0.29, 0.717) is 0 Å². The van der Waals surface area contributed by atoms with Gasteiger partial charge in [0.25, 0.3) is 0 Å². The van der Waals surface area contributed by atoms with Gasteiger partial charge in [0.2, 0.25) is 0 Å². The molecule has 0 amide bonds. The summed E-state index contributed by atoms with van der Waals surface area (Å²) in [6.07, 6.45) is 0. The van der Waals surface area contributed by atoms with Crippen molar-refractivity contribution in [2.24, 2.45) is 0 Å². The van der Waals surface area contributed by atoms with E-state index in [1.54, 1.807) is 7.11 Å². The minimum absolute atomic E-state index is 0.104. The van der Waals surface area contributed by atoms with E-state index in [0.717, 1.165) is 23.8 Å². The molecule has 2 aromatic rings. The molecule has 0 aliphatic carbocycles. The molecule has 0 saturated carbocycles. The molecule has 2 rings (SSSR count). The minimum Gasteiger partial charge on any atom is -0.497 e. The number of hydrogen-bond donors (Lipinski definition) is 1. The van der Waals surface area contributed by atoms with E-state index < -0.39 is 0 Å². The summed E-state index contributed by atoms with van der Waals surface area (Å²) in [5.41, 5.74) is 1.31. The van der Waals surface area contributed by atoms with Crippen LogP contribution in [0.1, 0.15) is 26.3 Å². The van der Waals surface area contributed by atoms with Crippen LogP contribution in [0.5, 0.6) is 17.2 Å². The van der Waals surface area contributed by atoms with Crippen LogP contribution in [0, 0.1) is 0 Å². The van der Waals surface area contributed by atoms with Crippen LogP contribution in [0.3, 0.4) is 0 Å². The third-order valence-electron chi connectivity index (χ3n) is 3.02. The molecule has 2 aromatic carbocycles. The Morgan fingerprint density at radius 1 is 0.905 bits per heavy atom. The van der Waals surface area contributed by atoms with Gasteiger partial charge in [-0.3, -0.25) is 0 Å². The molecule has 3 nitrogen and oxygen atoms in total. The van der Waals surface area contributed by atoms with Crippen LogP contribution in [0.2, 0.25) is 0 Å². The molecule has 0 aliphatic heterocycles. The average molecular weight is 285 g/mol. The van der Waals surface area contributed by atoms with Crippen LogP contribution in [-0.4, -0.2) is 12.6 Å². The van der Waals surface area contributed by atoms with Crippen molar-refractivity contribution in [1.29, 1.82) is 0 Å². The zero-order valence-electron chi connectivity index (χ0n) is 13.1. The van der Waals surface area contributed by atoms with Gasteiger partial charge in [0.1, 0.15) is 17.2 Å². The molecule has 0 bridgehead atoms. The maximum absolute atomic E-state index is 5.87. The Kier molecular flexibility index (Phi) is 4.86. The minimum atomic E-state index is 0.104. The van der Waals surface area contributed by atoms with Crippen LogP contribution in [0.4, 0.5) is 0 Å². The van der Waals surface area contributed by atoms with Crippen LogP contribution < -0.4 is 14.8 Å². The van der Waals surface area contributed by atoms with Gasteiger partial charge in [0.05, 0.1) is 7.11 Å². The van der Waals surface area contributed by atoms with E-state index in [1.807, 2.05) is 36.4 Å². The summed E-state index contributed by atoms with van der Waals surface area (Å²) in [5, 5.41) is 3.47. The number of benzene rings is 2. The topological polar surface area (TPSA) is 30.5 Å². The summed E-state index contributed by atoms with van der Waals surface area (Å²) < 4.78 is 11.0. The highest BCUT2D eigenvalue weighted by Crippen LogP contribution is 2.24. The van der Waals surface area contributed by atoms with E-state index in [4.69, 9.17) is 9.47 Å². The lowest BCUT2D eigenvalue weighted by Gasteiger charge is -2.20. The summed E-state index contributed by atoms with van der Waals surface area (Å²) in [7, 11) is 1.65. The maximum Gasteiger partial charge on any atom is 0.127 e. The van der Waals surface area contributed by atoms with Crippen molar-refractivity contribution in [2.75, 3.05) is 7.11 Å². The van der Waals surface area contributed by atoms with Gasteiger partial charge >= 0.3 is 0 Å². The Bertz CT molecular complexity index is 571. The van der Waals surface area contributed by atoms with Gasteiger partial charge in [0, 0.05) is 12.1 Å². The van der Waals surface area contributed by atoms with E-state index >= 15 is 0 Å². The summed E-state index contributed by atoms with van der Waals surface area (Å²) in [6.45, 7) is 7.30. The fourth-order valence-electron chi connectivity index (χ4n) is 1.87. The summed E-state index contributed by atoms with van der Waals surface area (Å²) in [5.74, 6) is 2.47. The summed E-state index contributed by atoms with van der Waals surface area (Å²) in [4.78, 5) is 0. The van der Waals surface area contributed by atoms with E-state index in [1.165, 1.54) is 5.56 Å². The number of methoxy groups -OCH3 is 1. The normalized spacial score (nSPS) is 11.2. The van der Waals surface area contributed by atoms with Crippen molar-refractivity contribution in [1.82, 2.24) is 5.32 Å². The highest BCUT2D eigenvalue weighted by molar-refractivity contribution is 5.36. The second-order valence-corrected chi connectivity index (χ2v) is 6.03. The smallest absolute Gasteiger partial charge is 0.127 e. The lowest BCUT2D eigenvalue weighted by molar-refractivity contribution is 0.412.